The molecule has 0 amide bonds. The lowest BCUT2D eigenvalue weighted by Gasteiger charge is -2.03. The predicted octanol–water partition coefficient (Wildman–Crippen LogP) is 0.905. The van der Waals surface area contributed by atoms with Crippen molar-refractivity contribution in [2.45, 2.75) is 12.7 Å². The summed E-state index contributed by atoms with van der Waals surface area (Å²) in [6.07, 6.45) is 0. The Labute approximate surface area is 89.5 Å². The van der Waals surface area contributed by atoms with E-state index in [0.29, 0.717) is 5.56 Å². The van der Waals surface area contributed by atoms with E-state index in [4.69, 9.17) is 11.1 Å². The van der Waals surface area contributed by atoms with Gasteiger partial charge in [0.25, 0.3) is 0 Å². The van der Waals surface area contributed by atoms with E-state index in [-0.39, 0.29) is 17.3 Å². The fraction of sp³-hybridized carbons (Fsp3) is 0.300. The molecule has 0 aliphatic carbocycles. The maximum atomic E-state index is 11.3. The van der Waals surface area contributed by atoms with Crippen molar-refractivity contribution in [3.05, 3.63) is 35.4 Å². The SMILES string of the molecule is CCS(=O)(=O)Cc1ccc(C(=N)N)cc1. The van der Waals surface area contributed by atoms with Crippen LogP contribution in [0.5, 0.6) is 0 Å². The van der Waals surface area contributed by atoms with Crippen molar-refractivity contribution in [2.24, 2.45) is 5.73 Å². The van der Waals surface area contributed by atoms with Crippen LogP contribution in [0, 0.1) is 5.41 Å². The summed E-state index contributed by atoms with van der Waals surface area (Å²) in [4.78, 5) is 0. The van der Waals surface area contributed by atoms with Crippen molar-refractivity contribution in [3.63, 3.8) is 0 Å². The van der Waals surface area contributed by atoms with Crippen molar-refractivity contribution in [1.29, 1.82) is 5.41 Å². The van der Waals surface area contributed by atoms with E-state index in [1.54, 1.807) is 31.2 Å². The van der Waals surface area contributed by atoms with Crippen LogP contribution in [0.3, 0.4) is 0 Å². The largest absolute Gasteiger partial charge is 0.384 e. The molecular weight excluding hydrogens is 212 g/mol. The Kier molecular flexibility index (Phi) is 3.47. The van der Waals surface area contributed by atoms with Gasteiger partial charge in [0.2, 0.25) is 0 Å². The maximum absolute atomic E-state index is 11.3. The number of hydrogen-bond acceptors (Lipinski definition) is 3. The first-order valence-electron chi connectivity index (χ1n) is 4.58. The fourth-order valence-corrected chi connectivity index (χ4v) is 2.04. The standard InChI is InChI=1S/C10H14N2O2S/c1-2-15(13,14)7-8-3-5-9(6-4-8)10(11)12/h3-6H,2,7H2,1H3,(H3,11,12). The summed E-state index contributed by atoms with van der Waals surface area (Å²) < 4.78 is 22.6. The van der Waals surface area contributed by atoms with Gasteiger partial charge in [0.15, 0.2) is 9.84 Å². The first kappa shape index (κ1) is 11.7. The molecule has 0 saturated carbocycles. The monoisotopic (exact) mass is 226 g/mol. The zero-order valence-corrected chi connectivity index (χ0v) is 9.34. The normalized spacial score (nSPS) is 11.3. The molecule has 0 heterocycles. The van der Waals surface area contributed by atoms with Crippen molar-refractivity contribution in [2.75, 3.05) is 5.75 Å². The summed E-state index contributed by atoms with van der Waals surface area (Å²) in [6.45, 7) is 1.62. The molecule has 0 aliphatic heterocycles. The van der Waals surface area contributed by atoms with Crippen LogP contribution in [0.1, 0.15) is 18.1 Å². The van der Waals surface area contributed by atoms with Crippen LogP contribution in [0.2, 0.25) is 0 Å². The highest BCUT2D eigenvalue weighted by molar-refractivity contribution is 7.90. The average molecular weight is 226 g/mol. The number of sulfone groups is 1. The van der Waals surface area contributed by atoms with Crippen LogP contribution < -0.4 is 5.73 Å². The lowest BCUT2D eigenvalue weighted by atomic mass is 10.1. The summed E-state index contributed by atoms with van der Waals surface area (Å²) in [5, 5.41) is 7.18. The molecule has 0 spiro atoms. The van der Waals surface area contributed by atoms with Gasteiger partial charge < -0.3 is 5.73 Å². The summed E-state index contributed by atoms with van der Waals surface area (Å²) in [7, 11) is -2.99. The Morgan fingerprint density at radius 3 is 2.27 bits per heavy atom. The summed E-state index contributed by atoms with van der Waals surface area (Å²) in [5.74, 6) is 0.170. The third kappa shape index (κ3) is 3.36. The number of benzene rings is 1. The minimum Gasteiger partial charge on any atom is -0.384 e. The third-order valence-electron chi connectivity index (χ3n) is 2.09. The van der Waals surface area contributed by atoms with Gasteiger partial charge in [0.05, 0.1) is 5.75 Å². The molecule has 1 aromatic rings. The quantitative estimate of drug-likeness (QED) is 0.591. The van der Waals surface area contributed by atoms with E-state index in [0.717, 1.165) is 5.56 Å². The molecule has 15 heavy (non-hydrogen) atoms. The van der Waals surface area contributed by atoms with E-state index in [2.05, 4.69) is 0 Å². The molecule has 0 bridgehead atoms. The van der Waals surface area contributed by atoms with Gasteiger partial charge in [-0.3, -0.25) is 5.41 Å². The predicted molar refractivity (Wildman–Crippen MR) is 60.6 cm³/mol. The molecule has 1 aromatic carbocycles. The first-order chi connectivity index (χ1) is 6.94. The van der Waals surface area contributed by atoms with Crippen LogP contribution in [-0.2, 0) is 15.6 Å². The Morgan fingerprint density at radius 1 is 1.33 bits per heavy atom. The highest BCUT2D eigenvalue weighted by Gasteiger charge is 2.08. The molecule has 0 atom stereocenters. The Balaban J connectivity index is 2.86. The minimum atomic E-state index is -2.99. The molecule has 0 unspecified atom stereocenters. The molecule has 0 radical (unpaired) electrons. The molecule has 82 valence electrons. The first-order valence-corrected chi connectivity index (χ1v) is 6.40. The highest BCUT2D eigenvalue weighted by atomic mass is 32.2. The van der Waals surface area contributed by atoms with E-state index >= 15 is 0 Å². The number of nitrogens with one attached hydrogen (secondary N) is 1. The second-order valence-electron chi connectivity index (χ2n) is 3.29. The van der Waals surface area contributed by atoms with Crippen LogP contribution >= 0.6 is 0 Å². The summed E-state index contributed by atoms with van der Waals surface area (Å²) in [5.41, 5.74) is 6.61. The van der Waals surface area contributed by atoms with Crippen molar-refractivity contribution in [3.8, 4) is 0 Å². The number of hydrogen-bond donors (Lipinski definition) is 2. The van der Waals surface area contributed by atoms with Crippen molar-refractivity contribution >= 4 is 15.7 Å². The minimum absolute atomic E-state index is 0.0140. The van der Waals surface area contributed by atoms with Gasteiger partial charge in [0, 0.05) is 11.3 Å². The molecule has 0 aliphatic rings. The maximum Gasteiger partial charge on any atom is 0.154 e. The Bertz CT molecular complexity index is 449. The average Bonchev–Trinajstić information content (AvgIpc) is 2.18. The van der Waals surface area contributed by atoms with E-state index < -0.39 is 9.84 Å². The number of nitrogen functional groups attached to an aromatic ring is 1. The molecule has 4 nitrogen and oxygen atoms in total. The van der Waals surface area contributed by atoms with Crippen molar-refractivity contribution < 1.29 is 8.42 Å². The Hall–Kier alpha value is -1.36. The van der Waals surface area contributed by atoms with E-state index in [9.17, 15) is 8.42 Å². The van der Waals surface area contributed by atoms with Gasteiger partial charge in [-0.15, -0.1) is 0 Å². The van der Waals surface area contributed by atoms with Gasteiger partial charge in [-0.1, -0.05) is 31.2 Å². The van der Waals surface area contributed by atoms with Gasteiger partial charge in [-0.25, -0.2) is 8.42 Å². The molecule has 0 fully saturated rings. The molecule has 5 heteroatoms. The fourth-order valence-electron chi connectivity index (χ4n) is 1.14. The lowest BCUT2D eigenvalue weighted by Crippen LogP contribution is -2.11. The highest BCUT2D eigenvalue weighted by Crippen LogP contribution is 2.08. The molecule has 0 saturated heterocycles. The molecule has 3 N–H and O–H groups in total. The Morgan fingerprint density at radius 2 is 1.87 bits per heavy atom. The number of rotatable bonds is 4. The van der Waals surface area contributed by atoms with Crippen LogP contribution in [-0.4, -0.2) is 20.0 Å². The van der Waals surface area contributed by atoms with Gasteiger partial charge in [-0.05, 0) is 5.56 Å². The topological polar surface area (TPSA) is 84.0 Å². The van der Waals surface area contributed by atoms with Gasteiger partial charge >= 0.3 is 0 Å². The molecule has 0 aromatic heterocycles. The number of amidine groups is 1. The zero-order valence-electron chi connectivity index (χ0n) is 8.53. The van der Waals surface area contributed by atoms with E-state index in [1.165, 1.54) is 0 Å². The van der Waals surface area contributed by atoms with Crippen LogP contribution in [0.4, 0.5) is 0 Å². The summed E-state index contributed by atoms with van der Waals surface area (Å²) >= 11 is 0. The number of nitrogens with two attached hydrogens (primary N) is 1. The lowest BCUT2D eigenvalue weighted by molar-refractivity contribution is 0.596. The zero-order chi connectivity index (χ0) is 11.5. The third-order valence-corrected chi connectivity index (χ3v) is 3.74. The van der Waals surface area contributed by atoms with E-state index in [1.807, 2.05) is 0 Å². The smallest absolute Gasteiger partial charge is 0.154 e. The summed E-state index contributed by atoms with van der Waals surface area (Å²) in [6, 6.07) is 6.68. The van der Waals surface area contributed by atoms with Crippen LogP contribution in [0.15, 0.2) is 24.3 Å². The van der Waals surface area contributed by atoms with Gasteiger partial charge in [0.1, 0.15) is 5.84 Å². The second-order valence-corrected chi connectivity index (χ2v) is 5.64. The van der Waals surface area contributed by atoms with Crippen molar-refractivity contribution in [1.82, 2.24) is 0 Å². The second kappa shape index (κ2) is 4.44. The van der Waals surface area contributed by atoms with Crippen LogP contribution in [0.25, 0.3) is 0 Å². The molecular formula is C10H14N2O2S. The van der Waals surface area contributed by atoms with Gasteiger partial charge in [-0.2, -0.15) is 0 Å². The molecule has 1 rings (SSSR count).